The first kappa shape index (κ1) is 10.9. The summed E-state index contributed by atoms with van der Waals surface area (Å²) in [6, 6.07) is 7.50. The number of rotatable bonds is 3. The molecule has 0 aliphatic heterocycles. The van der Waals surface area contributed by atoms with Gasteiger partial charge in [0.15, 0.2) is 5.13 Å². The largest absolute Gasteiger partial charge is 0.497 e. The topological polar surface area (TPSA) is 68.4 Å². The number of anilines is 1. The van der Waals surface area contributed by atoms with Crippen LogP contribution in [-0.4, -0.2) is 17.2 Å². The Balaban J connectivity index is 2.41. The molecule has 0 saturated carbocycles. The Kier molecular flexibility index (Phi) is 3.07. The van der Waals surface area contributed by atoms with Crippen LogP contribution in [0.5, 0.6) is 5.75 Å². The molecule has 5 heteroatoms. The Hall–Kier alpha value is -1.59. The number of nitrogens with zero attached hydrogens (tertiary/aromatic N) is 1. The summed E-state index contributed by atoms with van der Waals surface area (Å²) < 4.78 is 5.07. The molecule has 0 saturated heterocycles. The fraction of sp³-hybridized carbons (Fsp3) is 0.182. The highest BCUT2D eigenvalue weighted by atomic mass is 32.1. The van der Waals surface area contributed by atoms with Gasteiger partial charge in [-0.25, -0.2) is 4.98 Å². The summed E-state index contributed by atoms with van der Waals surface area (Å²) in [4.78, 5) is 4.98. The van der Waals surface area contributed by atoms with Crippen LogP contribution in [0.25, 0.3) is 11.3 Å². The molecular formula is C11H12N2O2S. The normalized spacial score (nSPS) is 10.4. The molecule has 84 valence electrons. The summed E-state index contributed by atoms with van der Waals surface area (Å²) in [6.45, 7) is -0.0454. The van der Waals surface area contributed by atoms with Gasteiger partial charge in [-0.2, -0.15) is 0 Å². The molecule has 2 rings (SSSR count). The highest BCUT2D eigenvalue weighted by molar-refractivity contribution is 7.15. The lowest BCUT2D eigenvalue weighted by Gasteiger charge is -2.02. The van der Waals surface area contributed by atoms with Gasteiger partial charge in [0.05, 0.1) is 24.3 Å². The number of benzene rings is 1. The van der Waals surface area contributed by atoms with E-state index in [-0.39, 0.29) is 6.61 Å². The van der Waals surface area contributed by atoms with Gasteiger partial charge in [0, 0.05) is 5.56 Å². The van der Waals surface area contributed by atoms with Gasteiger partial charge in [-0.3, -0.25) is 0 Å². The van der Waals surface area contributed by atoms with E-state index in [0.717, 1.165) is 21.9 Å². The van der Waals surface area contributed by atoms with Gasteiger partial charge >= 0.3 is 0 Å². The van der Waals surface area contributed by atoms with Crippen LogP contribution < -0.4 is 10.5 Å². The fourth-order valence-corrected chi connectivity index (χ4v) is 2.17. The number of hydrogen-bond acceptors (Lipinski definition) is 5. The Bertz CT molecular complexity index is 479. The van der Waals surface area contributed by atoms with Crippen molar-refractivity contribution >= 4 is 16.5 Å². The molecule has 0 aliphatic carbocycles. The minimum atomic E-state index is -0.0454. The maximum atomic E-state index is 9.18. The first-order valence-electron chi connectivity index (χ1n) is 4.75. The van der Waals surface area contributed by atoms with Crippen molar-refractivity contribution in [1.29, 1.82) is 0 Å². The molecule has 1 aromatic heterocycles. The predicted octanol–water partition coefficient (Wildman–Crippen LogP) is 1.89. The predicted molar refractivity (Wildman–Crippen MR) is 64.4 cm³/mol. The maximum Gasteiger partial charge on any atom is 0.180 e. The maximum absolute atomic E-state index is 9.18. The molecule has 0 bridgehead atoms. The first-order chi connectivity index (χ1) is 7.74. The molecule has 1 aromatic carbocycles. The van der Waals surface area contributed by atoms with Gasteiger partial charge in [0.1, 0.15) is 5.75 Å². The summed E-state index contributed by atoms with van der Waals surface area (Å²) >= 11 is 1.30. The molecule has 16 heavy (non-hydrogen) atoms. The Morgan fingerprint density at radius 1 is 1.38 bits per heavy atom. The van der Waals surface area contributed by atoms with Crippen molar-refractivity contribution in [1.82, 2.24) is 4.98 Å². The molecule has 0 spiro atoms. The summed E-state index contributed by atoms with van der Waals surface area (Å²) in [6.07, 6.45) is 0. The third-order valence-electron chi connectivity index (χ3n) is 2.22. The zero-order valence-electron chi connectivity index (χ0n) is 8.80. The Morgan fingerprint density at radius 3 is 2.62 bits per heavy atom. The van der Waals surface area contributed by atoms with E-state index in [9.17, 15) is 5.11 Å². The molecule has 0 fully saturated rings. The number of nitrogens with two attached hydrogens (primary N) is 1. The van der Waals surface area contributed by atoms with Crippen LogP contribution in [0, 0.1) is 0 Å². The average Bonchev–Trinajstić information content (AvgIpc) is 2.70. The molecule has 3 N–H and O–H groups in total. The number of aromatic nitrogens is 1. The van der Waals surface area contributed by atoms with E-state index >= 15 is 0 Å². The smallest absolute Gasteiger partial charge is 0.180 e. The second kappa shape index (κ2) is 4.51. The zero-order valence-corrected chi connectivity index (χ0v) is 9.62. The third kappa shape index (κ3) is 2.00. The monoisotopic (exact) mass is 236 g/mol. The average molecular weight is 236 g/mol. The van der Waals surface area contributed by atoms with Crippen LogP contribution in [-0.2, 0) is 6.61 Å². The summed E-state index contributed by atoms with van der Waals surface area (Å²) in [7, 11) is 1.62. The molecule has 4 nitrogen and oxygen atoms in total. The fourth-order valence-electron chi connectivity index (χ4n) is 1.45. The minimum Gasteiger partial charge on any atom is -0.497 e. The van der Waals surface area contributed by atoms with Gasteiger partial charge in [0.25, 0.3) is 0 Å². The zero-order chi connectivity index (χ0) is 11.5. The lowest BCUT2D eigenvalue weighted by atomic mass is 10.1. The van der Waals surface area contributed by atoms with Crippen LogP contribution in [0.3, 0.4) is 0 Å². The van der Waals surface area contributed by atoms with E-state index < -0.39 is 0 Å². The van der Waals surface area contributed by atoms with Crippen LogP contribution in [0.1, 0.15) is 4.88 Å². The van der Waals surface area contributed by atoms with Crippen molar-refractivity contribution in [3.05, 3.63) is 29.1 Å². The number of aliphatic hydroxyl groups excluding tert-OH is 1. The van der Waals surface area contributed by atoms with Crippen molar-refractivity contribution in [3.8, 4) is 17.0 Å². The van der Waals surface area contributed by atoms with Crippen LogP contribution >= 0.6 is 11.3 Å². The quantitative estimate of drug-likeness (QED) is 0.854. The van der Waals surface area contributed by atoms with Gasteiger partial charge in [-0.1, -0.05) is 11.3 Å². The van der Waals surface area contributed by atoms with Crippen LogP contribution in [0.2, 0.25) is 0 Å². The highest BCUT2D eigenvalue weighted by Crippen LogP contribution is 2.30. The van der Waals surface area contributed by atoms with Gasteiger partial charge < -0.3 is 15.6 Å². The summed E-state index contributed by atoms with van der Waals surface area (Å²) in [5, 5.41) is 9.65. The molecular weight excluding hydrogens is 224 g/mol. The number of hydrogen-bond donors (Lipinski definition) is 2. The molecule has 0 radical (unpaired) electrons. The summed E-state index contributed by atoms with van der Waals surface area (Å²) in [5.74, 6) is 0.789. The lowest BCUT2D eigenvalue weighted by Crippen LogP contribution is -1.87. The lowest BCUT2D eigenvalue weighted by molar-refractivity contribution is 0.286. The van der Waals surface area contributed by atoms with Crippen molar-refractivity contribution in [2.45, 2.75) is 6.61 Å². The first-order valence-corrected chi connectivity index (χ1v) is 5.56. The molecule has 0 atom stereocenters. The van der Waals surface area contributed by atoms with E-state index in [1.54, 1.807) is 7.11 Å². The van der Waals surface area contributed by atoms with Gasteiger partial charge in [-0.15, -0.1) is 0 Å². The van der Waals surface area contributed by atoms with Crippen LogP contribution in [0.4, 0.5) is 5.13 Å². The molecule has 0 unspecified atom stereocenters. The van der Waals surface area contributed by atoms with E-state index in [1.807, 2.05) is 24.3 Å². The SMILES string of the molecule is COc1ccc(-c2nc(N)sc2CO)cc1. The summed E-state index contributed by atoms with van der Waals surface area (Å²) in [5.41, 5.74) is 7.29. The van der Waals surface area contributed by atoms with E-state index in [1.165, 1.54) is 11.3 Å². The number of ether oxygens (including phenoxy) is 1. The van der Waals surface area contributed by atoms with Crippen molar-refractivity contribution in [3.63, 3.8) is 0 Å². The highest BCUT2D eigenvalue weighted by Gasteiger charge is 2.10. The van der Waals surface area contributed by atoms with Crippen molar-refractivity contribution < 1.29 is 9.84 Å². The minimum absolute atomic E-state index is 0.0454. The number of nitrogen functional groups attached to an aromatic ring is 1. The third-order valence-corrected chi connectivity index (χ3v) is 3.09. The van der Waals surface area contributed by atoms with E-state index in [2.05, 4.69) is 4.98 Å². The molecule has 0 aliphatic rings. The second-order valence-corrected chi connectivity index (χ2v) is 4.33. The van der Waals surface area contributed by atoms with E-state index in [4.69, 9.17) is 10.5 Å². The van der Waals surface area contributed by atoms with Crippen molar-refractivity contribution in [2.24, 2.45) is 0 Å². The standard InChI is InChI=1S/C11H12N2O2S/c1-15-8-4-2-7(3-5-8)10-9(6-14)16-11(12)13-10/h2-5,14H,6H2,1H3,(H2,12,13). The molecule has 2 aromatic rings. The van der Waals surface area contributed by atoms with Gasteiger partial charge in [-0.05, 0) is 24.3 Å². The molecule has 0 amide bonds. The van der Waals surface area contributed by atoms with Crippen LogP contribution in [0.15, 0.2) is 24.3 Å². The van der Waals surface area contributed by atoms with Gasteiger partial charge in [0.2, 0.25) is 0 Å². The Labute approximate surface area is 97.3 Å². The molecule has 1 heterocycles. The second-order valence-electron chi connectivity index (χ2n) is 3.21. The number of thiazole rings is 1. The Morgan fingerprint density at radius 2 is 2.06 bits per heavy atom. The van der Waals surface area contributed by atoms with Crippen molar-refractivity contribution in [2.75, 3.05) is 12.8 Å². The van der Waals surface area contributed by atoms with E-state index in [0.29, 0.717) is 5.13 Å². The number of methoxy groups -OCH3 is 1. The number of aliphatic hydroxyl groups is 1.